The van der Waals surface area contributed by atoms with Crippen molar-refractivity contribution in [3.63, 3.8) is 0 Å². The Morgan fingerprint density at radius 2 is 2.19 bits per heavy atom. The first-order valence-corrected chi connectivity index (χ1v) is 9.92. The van der Waals surface area contributed by atoms with Crippen LogP contribution in [0.25, 0.3) is 5.52 Å². The zero-order valence-corrected chi connectivity index (χ0v) is 15.9. The molecular weight excluding hydrogens is 366 g/mol. The van der Waals surface area contributed by atoms with Gasteiger partial charge in [-0.1, -0.05) is 13.0 Å². The molecule has 4 rings (SSSR count). The zero-order chi connectivity index (χ0) is 19.3. The van der Waals surface area contributed by atoms with Gasteiger partial charge in [0, 0.05) is 29.2 Å². The Morgan fingerprint density at radius 1 is 1.41 bits per heavy atom. The number of rotatable bonds is 6. The van der Waals surface area contributed by atoms with Crippen LogP contribution >= 0.6 is 11.8 Å². The minimum Gasteiger partial charge on any atom is -0.477 e. The van der Waals surface area contributed by atoms with Crippen molar-refractivity contribution in [3.05, 3.63) is 47.0 Å². The van der Waals surface area contributed by atoms with E-state index in [0.717, 1.165) is 11.3 Å². The maximum absolute atomic E-state index is 12.3. The van der Waals surface area contributed by atoms with Crippen LogP contribution in [0, 0.1) is 11.8 Å². The van der Waals surface area contributed by atoms with Crippen LogP contribution in [-0.2, 0) is 16.0 Å². The molecule has 0 bridgehead atoms. The number of hydrogen-bond acceptors (Lipinski definition) is 5. The number of nitrogens with zero attached hydrogens (tertiary/aromatic N) is 3. The van der Waals surface area contributed by atoms with E-state index in [1.165, 1.54) is 16.7 Å². The van der Waals surface area contributed by atoms with Crippen LogP contribution in [0.5, 0.6) is 0 Å². The monoisotopic (exact) mass is 387 g/mol. The first-order valence-electron chi connectivity index (χ1n) is 8.94. The molecule has 1 amide bonds. The van der Waals surface area contributed by atoms with Gasteiger partial charge >= 0.3 is 5.97 Å². The number of amides is 1. The minimum atomic E-state index is -1.09. The predicted molar refractivity (Wildman–Crippen MR) is 101 cm³/mol. The number of fused-ring (bicyclic) bond motifs is 2. The molecule has 1 fully saturated rings. The fourth-order valence-corrected chi connectivity index (χ4v) is 5.38. The molecule has 0 aliphatic carbocycles. The third-order valence-corrected chi connectivity index (χ3v) is 6.69. The summed E-state index contributed by atoms with van der Waals surface area (Å²) in [6.07, 6.45) is 3.68. The van der Waals surface area contributed by atoms with Crippen molar-refractivity contribution >= 4 is 29.2 Å². The Morgan fingerprint density at radius 3 is 2.89 bits per heavy atom. The van der Waals surface area contributed by atoms with Gasteiger partial charge in [0.05, 0.1) is 29.8 Å². The predicted octanol–water partition coefficient (Wildman–Crippen LogP) is 1.76. The topological polar surface area (TPSA) is 95.1 Å². The SMILES string of the molecule is CC(O)C1C(=O)N2C(C(=O)O)=C(SCCc3ncc4ccccn34)C(C)C12. The van der Waals surface area contributed by atoms with E-state index in [2.05, 4.69) is 4.98 Å². The van der Waals surface area contributed by atoms with Crippen LogP contribution in [0.15, 0.2) is 41.2 Å². The number of pyridine rings is 1. The summed E-state index contributed by atoms with van der Waals surface area (Å²) in [4.78, 5) is 30.6. The highest BCUT2D eigenvalue weighted by atomic mass is 32.2. The normalized spacial score (nSPS) is 25.7. The van der Waals surface area contributed by atoms with Crippen LogP contribution in [-0.4, -0.2) is 54.3 Å². The van der Waals surface area contributed by atoms with E-state index >= 15 is 0 Å². The molecule has 4 atom stereocenters. The Hall–Kier alpha value is -2.32. The number of thioether (sulfide) groups is 1. The number of aromatic nitrogens is 2. The quantitative estimate of drug-likeness (QED) is 0.734. The lowest BCUT2D eigenvalue weighted by molar-refractivity contribution is -0.163. The molecule has 2 N–H and O–H groups in total. The lowest BCUT2D eigenvalue weighted by atomic mass is 9.79. The van der Waals surface area contributed by atoms with Gasteiger partial charge in [0.1, 0.15) is 11.5 Å². The van der Waals surface area contributed by atoms with Crippen LogP contribution in [0.2, 0.25) is 0 Å². The summed E-state index contributed by atoms with van der Waals surface area (Å²) in [6.45, 7) is 3.52. The molecule has 8 heteroatoms. The largest absolute Gasteiger partial charge is 0.477 e. The van der Waals surface area contributed by atoms with Crippen molar-refractivity contribution in [2.24, 2.45) is 11.8 Å². The second-order valence-electron chi connectivity index (χ2n) is 7.04. The average molecular weight is 387 g/mol. The maximum Gasteiger partial charge on any atom is 0.353 e. The van der Waals surface area contributed by atoms with Gasteiger partial charge < -0.3 is 19.5 Å². The number of aryl methyl sites for hydroxylation is 1. The van der Waals surface area contributed by atoms with Crippen molar-refractivity contribution in [1.29, 1.82) is 0 Å². The van der Waals surface area contributed by atoms with Crippen LogP contribution in [0.4, 0.5) is 0 Å². The smallest absolute Gasteiger partial charge is 0.353 e. The lowest BCUT2D eigenvalue weighted by Gasteiger charge is -2.46. The van der Waals surface area contributed by atoms with Gasteiger partial charge in [-0.25, -0.2) is 9.78 Å². The Balaban J connectivity index is 1.52. The number of hydrogen-bond donors (Lipinski definition) is 2. The number of carboxylic acids is 1. The summed E-state index contributed by atoms with van der Waals surface area (Å²) >= 11 is 1.47. The molecule has 27 heavy (non-hydrogen) atoms. The second-order valence-corrected chi connectivity index (χ2v) is 8.18. The molecule has 4 heterocycles. The van der Waals surface area contributed by atoms with Crippen molar-refractivity contribution in [1.82, 2.24) is 14.3 Å². The second kappa shape index (κ2) is 6.69. The lowest BCUT2D eigenvalue weighted by Crippen LogP contribution is -2.63. The summed E-state index contributed by atoms with van der Waals surface area (Å²) in [5.74, 6) is -0.426. The Labute approximate surface area is 160 Å². The van der Waals surface area contributed by atoms with Crippen molar-refractivity contribution in [2.45, 2.75) is 32.4 Å². The Bertz CT molecular complexity index is 951. The number of aliphatic hydroxyl groups excluding tert-OH is 1. The molecule has 2 aromatic heterocycles. The van der Waals surface area contributed by atoms with E-state index in [4.69, 9.17) is 0 Å². The van der Waals surface area contributed by atoms with E-state index in [-0.39, 0.29) is 23.6 Å². The van der Waals surface area contributed by atoms with Crippen molar-refractivity contribution in [2.75, 3.05) is 5.75 Å². The summed E-state index contributed by atoms with van der Waals surface area (Å²) in [7, 11) is 0. The standard InChI is InChI=1S/C19H21N3O4S/c1-10-15-14(11(2)23)18(24)22(15)16(19(25)26)17(10)27-8-6-13-20-9-12-5-3-4-7-21(12)13/h3-5,7,9-11,14-15,23H,6,8H2,1-2H3,(H,25,26). The number of carbonyl (C=O) groups excluding carboxylic acids is 1. The van der Waals surface area contributed by atoms with E-state index in [1.54, 1.807) is 6.92 Å². The molecule has 4 unspecified atom stereocenters. The zero-order valence-electron chi connectivity index (χ0n) is 15.1. The molecule has 2 aromatic rings. The third-order valence-electron chi connectivity index (χ3n) is 5.41. The highest BCUT2D eigenvalue weighted by Crippen LogP contribution is 2.50. The average Bonchev–Trinajstić information content (AvgIpc) is 3.13. The molecule has 0 spiro atoms. The number of carbonyl (C=O) groups is 2. The number of carboxylic acid groups (broad SMARTS) is 1. The van der Waals surface area contributed by atoms with E-state index < -0.39 is 18.0 Å². The van der Waals surface area contributed by atoms with E-state index in [9.17, 15) is 19.8 Å². The van der Waals surface area contributed by atoms with Gasteiger partial charge in [-0.3, -0.25) is 4.79 Å². The Kier molecular flexibility index (Phi) is 4.47. The summed E-state index contributed by atoms with van der Waals surface area (Å²) in [5, 5.41) is 19.5. The van der Waals surface area contributed by atoms with Crippen molar-refractivity contribution < 1.29 is 19.8 Å². The van der Waals surface area contributed by atoms with Gasteiger partial charge in [0.15, 0.2) is 0 Å². The third kappa shape index (κ3) is 2.74. The van der Waals surface area contributed by atoms with Crippen LogP contribution < -0.4 is 0 Å². The van der Waals surface area contributed by atoms with Gasteiger partial charge in [-0.2, -0.15) is 0 Å². The fourth-order valence-electron chi connectivity index (χ4n) is 4.15. The van der Waals surface area contributed by atoms with Gasteiger partial charge in [-0.15, -0.1) is 11.8 Å². The van der Waals surface area contributed by atoms with Gasteiger partial charge in [0.25, 0.3) is 0 Å². The molecule has 142 valence electrons. The molecule has 0 radical (unpaired) electrons. The van der Waals surface area contributed by atoms with Crippen LogP contribution in [0.1, 0.15) is 19.7 Å². The molecule has 0 aromatic carbocycles. The summed E-state index contributed by atoms with van der Waals surface area (Å²) in [5.41, 5.74) is 1.10. The molecule has 2 aliphatic heterocycles. The van der Waals surface area contributed by atoms with Crippen LogP contribution in [0.3, 0.4) is 0 Å². The van der Waals surface area contributed by atoms with Gasteiger partial charge in [0.2, 0.25) is 5.91 Å². The number of aliphatic carboxylic acids is 1. The highest BCUT2D eigenvalue weighted by molar-refractivity contribution is 8.03. The number of imidazole rings is 1. The maximum atomic E-state index is 12.3. The van der Waals surface area contributed by atoms with Crippen molar-refractivity contribution in [3.8, 4) is 0 Å². The fraction of sp³-hybridized carbons (Fsp3) is 0.421. The minimum absolute atomic E-state index is 0.0763. The van der Waals surface area contributed by atoms with Gasteiger partial charge in [-0.05, 0) is 19.1 Å². The molecular formula is C19H21N3O4S. The molecule has 1 saturated heterocycles. The van der Waals surface area contributed by atoms with E-state index in [0.29, 0.717) is 17.1 Å². The number of aliphatic hydroxyl groups is 1. The molecule has 7 nitrogen and oxygen atoms in total. The first-order chi connectivity index (χ1) is 12.9. The summed E-state index contributed by atoms with van der Waals surface area (Å²) < 4.78 is 2.02. The van der Waals surface area contributed by atoms with E-state index in [1.807, 2.05) is 41.9 Å². The first kappa shape index (κ1) is 18.1. The summed E-state index contributed by atoms with van der Waals surface area (Å²) in [6, 6.07) is 5.63. The highest BCUT2D eigenvalue weighted by Gasteiger charge is 2.59. The molecule has 0 saturated carbocycles. The number of β-lactam (4-membered cyclic amide) rings is 1. The molecule has 2 aliphatic rings.